The van der Waals surface area contributed by atoms with Crippen LogP contribution in [0.4, 0.5) is 37.7 Å². The highest BCUT2D eigenvalue weighted by atomic mass is 19.4. The van der Waals surface area contributed by atoms with Crippen LogP contribution >= 0.6 is 0 Å². The van der Waals surface area contributed by atoms with Crippen molar-refractivity contribution >= 4 is 23.2 Å². The van der Waals surface area contributed by atoms with Gasteiger partial charge in [-0.05, 0) is 60.3 Å². The first-order valence-corrected chi connectivity index (χ1v) is 14.6. The maximum absolute atomic E-state index is 13.7. The number of hydrogen-bond acceptors (Lipinski definition) is 4. The number of carbonyl (C=O) groups excluding carboxylic acids is 2. The lowest BCUT2D eigenvalue weighted by atomic mass is 9.76. The number of anilines is 2. The number of benzene rings is 2. The summed E-state index contributed by atoms with van der Waals surface area (Å²) >= 11 is 0. The second-order valence-corrected chi connectivity index (χ2v) is 12.1. The second kappa shape index (κ2) is 14.1. The third kappa shape index (κ3) is 8.59. The zero-order valence-electron chi connectivity index (χ0n) is 26.1. The molecule has 12 heteroatoms. The van der Waals surface area contributed by atoms with E-state index in [4.69, 9.17) is 4.74 Å². The molecule has 246 valence electrons. The maximum Gasteiger partial charge on any atom is 0.457 e. The zero-order valence-corrected chi connectivity index (χ0v) is 26.1. The quantitative estimate of drug-likeness (QED) is 0.144. The van der Waals surface area contributed by atoms with Crippen LogP contribution in [-0.2, 0) is 20.4 Å². The Kier molecular flexibility index (Phi) is 11.8. The molecule has 0 aliphatic carbocycles. The SMILES string of the molecule is CCCCC(Oc1ccc(C(C)(C)CC)cc1C(C)(C)CC)C(=O)Nc1ccc(NC(=O)C(F)C(F)(F)C(F)(F)F)c(O)c1. The number of rotatable bonds is 14. The number of nitrogens with one attached hydrogen (secondary N) is 2. The highest BCUT2D eigenvalue weighted by molar-refractivity contribution is 5.98. The van der Waals surface area contributed by atoms with E-state index in [0.717, 1.165) is 48.6 Å². The minimum atomic E-state index is -6.29. The third-order valence-electron chi connectivity index (χ3n) is 8.09. The van der Waals surface area contributed by atoms with Gasteiger partial charge in [-0.15, -0.1) is 0 Å². The molecule has 0 spiro atoms. The number of alkyl halides is 6. The molecule has 0 bridgehead atoms. The monoisotopic (exact) mass is 632 g/mol. The predicted molar refractivity (Wildman–Crippen MR) is 158 cm³/mol. The molecule has 2 aromatic rings. The number of carbonyl (C=O) groups is 2. The van der Waals surface area contributed by atoms with Crippen molar-refractivity contribution in [3.8, 4) is 11.5 Å². The fourth-order valence-corrected chi connectivity index (χ4v) is 4.21. The van der Waals surface area contributed by atoms with Gasteiger partial charge in [0.25, 0.3) is 18.0 Å². The number of halogens is 6. The molecular weight excluding hydrogens is 590 g/mol. The van der Waals surface area contributed by atoms with E-state index in [9.17, 15) is 41.0 Å². The topological polar surface area (TPSA) is 87.7 Å². The molecule has 6 nitrogen and oxygen atoms in total. The van der Waals surface area contributed by atoms with E-state index in [1.807, 2.05) is 19.1 Å². The van der Waals surface area contributed by atoms with Crippen molar-refractivity contribution in [1.82, 2.24) is 0 Å². The van der Waals surface area contributed by atoms with Crippen molar-refractivity contribution < 1.29 is 45.8 Å². The van der Waals surface area contributed by atoms with Crippen LogP contribution in [0, 0.1) is 0 Å². The number of ether oxygens (including phenoxy) is 1. The molecule has 0 saturated carbocycles. The molecule has 0 aliphatic rings. The summed E-state index contributed by atoms with van der Waals surface area (Å²) in [5.41, 5.74) is 1.13. The van der Waals surface area contributed by atoms with Crippen molar-refractivity contribution in [2.24, 2.45) is 0 Å². The predicted octanol–water partition coefficient (Wildman–Crippen LogP) is 8.82. The van der Waals surface area contributed by atoms with Crippen LogP contribution in [0.15, 0.2) is 36.4 Å². The Morgan fingerprint density at radius 2 is 1.48 bits per heavy atom. The molecule has 0 radical (unpaired) electrons. The van der Waals surface area contributed by atoms with Crippen LogP contribution < -0.4 is 15.4 Å². The molecule has 2 aromatic carbocycles. The van der Waals surface area contributed by atoms with Gasteiger partial charge in [0.05, 0.1) is 5.69 Å². The van der Waals surface area contributed by atoms with E-state index in [1.54, 1.807) is 0 Å². The minimum absolute atomic E-state index is 0.0159. The van der Waals surface area contributed by atoms with Crippen LogP contribution in [0.25, 0.3) is 0 Å². The Labute approximate surface area is 254 Å². The van der Waals surface area contributed by atoms with Crippen molar-refractivity contribution in [3.63, 3.8) is 0 Å². The van der Waals surface area contributed by atoms with Gasteiger partial charge in [0.15, 0.2) is 6.10 Å². The van der Waals surface area contributed by atoms with E-state index in [1.165, 1.54) is 5.32 Å². The molecule has 2 rings (SSSR count). The van der Waals surface area contributed by atoms with E-state index in [2.05, 4.69) is 52.9 Å². The molecule has 2 unspecified atom stereocenters. The van der Waals surface area contributed by atoms with Gasteiger partial charge in [-0.25, -0.2) is 4.39 Å². The fourth-order valence-electron chi connectivity index (χ4n) is 4.21. The van der Waals surface area contributed by atoms with Gasteiger partial charge in [-0.1, -0.05) is 67.0 Å². The first-order valence-electron chi connectivity index (χ1n) is 14.6. The molecule has 3 N–H and O–H groups in total. The van der Waals surface area contributed by atoms with Gasteiger partial charge in [0.2, 0.25) is 0 Å². The molecule has 0 fully saturated rings. The Morgan fingerprint density at radius 3 is 2.00 bits per heavy atom. The second-order valence-electron chi connectivity index (χ2n) is 12.1. The summed E-state index contributed by atoms with van der Waals surface area (Å²) < 4.78 is 83.7. The van der Waals surface area contributed by atoms with Gasteiger partial charge >= 0.3 is 12.1 Å². The summed E-state index contributed by atoms with van der Waals surface area (Å²) in [4.78, 5) is 25.1. The molecule has 0 heterocycles. The van der Waals surface area contributed by atoms with Gasteiger partial charge < -0.3 is 20.5 Å². The highest BCUT2D eigenvalue weighted by Gasteiger charge is 2.65. The number of aromatic hydroxyl groups is 1. The molecule has 0 aromatic heterocycles. The Hall–Kier alpha value is -3.44. The summed E-state index contributed by atoms with van der Waals surface area (Å²) in [6, 6.07) is 9.00. The molecule has 0 saturated heterocycles. The van der Waals surface area contributed by atoms with Crippen LogP contribution in [0.2, 0.25) is 0 Å². The maximum atomic E-state index is 13.7. The van der Waals surface area contributed by atoms with E-state index < -0.39 is 47.6 Å². The molecule has 0 aliphatic heterocycles. The van der Waals surface area contributed by atoms with Crippen molar-refractivity contribution in [3.05, 3.63) is 47.5 Å². The number of hydrogen-bond donors (Lipinski definition) is 3. The smallest absolute Gasteiger partial charge is 0.457 e. The van der Waals surface area contributed by atoms with Gasteiger partial charge in [-0.3, -0.25) is 9.59 Å². The van der Waals surface area contributed by atoms with E-state index in [-0.39, 0.29) is 16.5 Å². The minimum Gasteiger partial charge on any atom is -0.506 e. The summed E-state index contributed by atoms with van der Waals surface area (Å²) in [7, 11) is 0. The molecular formula is C32H42F6N2O4. The summed E-state index contributed by atoms with van der Waals surface area (Å²) in [6.45, 7) is 14.6. The lowest BCUT2D eigenvalue weighted by molar-refractivity contribution is -0.298. The zero-order chi connectivity index (χ0) is 33.7. The normalized spacial score (nSPS) is 14.1. The summed E-state index contributed by atoms with van der Waals surface area (Å²) in [6.07, 6.45) is -7.95. The van der Waals surface area contributed by atoms with E-state index >= 15 is 0 Å². The van der Waals surface area contributed by atoms with E-state index in [0.29, 0.717) is 18.6 Å². The number of phenolic OH excluding ortho intramolecular Hbond substituents is 1. The first kappa shape index (κ1) is 36.8. The Morgan fingerprint density at radius 1 is 0.864 bits per heavy atom. The molecule has 44 heavy (non-hydrogen) atoms. The van der Waals surface area contributed by atoms with Crippen LogP contribution in [0.1, 0.15) is 91.7 Å². The Balaban J connectivity index is 2.31. The number of phenols is 1. The molecule has 2 atom stereocenters. The van der Waals surface area contributed by atoms with Crippen LogP contribution in [0.3, 0.4) is 0 Å². The summed E-state index contributed by atoms with van der Waals surface area (Å²) in [5.74, 6) is -9.03. The van der Waals surface area contributed by atoms with Gasteiger partial charge in [-0.2, -0.15) is 22.0 Å². The number of amides is 2. The van der Waals surface area contributed by atoms with Gasteiger partial charge in [0, 0.05) is 17.3 Å². The first-order chi connectivity index (χ1) is 20.2. The largest absolute Gasteiger partial charge is 0.506 e. The summed E-state index contributed by atoms with van der Waals surface area (Å²) in [5, 5.41) is 14.4. The van der Waals surface area contributed by atoms with Crippen molar-refractivity contribution in [2.75, 3.05) is 10.6 Å². The average molecular weight is 633 g/mol. The van der Waals surface area contributed by atoms with Crippen molar-refractivity contribution in [2.45, 2.75) is 116 Å². The molecule has 2 amide bonds. The average Bonchev–Trinajstić information content (AvgIpc) is 2.95. The van der Waals surface area contributed by atoms with Crippen LogP contribution in [0.5, 0.6) is 11.5 Å². The third-order valence-corrected chi connectivity index (χ3v) is 8.09. The van der Waals surface area contributed by atoms with Crippen LogP contribution in [-0.4, -0.2) is 41.3 Å². The lowest BCUT2D eigenvalue weighted by Crippen LogP contribution is -2.50. The fraction of sp³-hybridized carbons (Fsp3) is 0.562. The van der Waals surface area contributed by atoms with Crippen molar-refractivity contribution in [1.29, 1.82) is 0 Å². The Bertz CT molecular complexity index is 1310. The number of unbranched alkanes of at least 4 members (excludes halogenated alkanes) is 1. The van der Waals surface area contributed by atoms with Gasteiger partial charge in [0.1, 0.15) is 11.5 Å². The standard InChI is InChI=1S/C32H42F6N2O4/c1-8-11-12-25(44-24-16-13-19(29(4,5)9-2)17-21(24)30(6,7)10-3)27(42)39-20-14-15-22(23(41)18-20)40-28(43)26(33)31(34,35)32(36,37)38/h13-18,25-26,41H,8-12H2,1-7H3,(H,39,42)(H,40,43). The highest BCUT2D eigenvalue weighted by Crippen LogP contribution is 2.41. The lowest BCUT2D eigenvalue weighted by Gasteiger charge is -2.31.